The molecule has 0 saturated carbocycles. The lowest BCUT2D eigenvalue weighted by atomic mass is 10.3. The Balaban J connectivity index is 4.05. The number of hydrogen-bond acceptors (Lipinski definition) is 2. The molecule has 8 heteroatoms. The molecule has 0 amide bonds. The molecule has 0 spiro atoms. The number of thioether (sulfide) groups is 1. The van der Waals surface area contributed by atoms with Crippen LogP contribution in [0, 0.1) is 0 Å². The van der Waals surface area contributed by atoms with Crippen LogP contribution < -0.4 is 0 Å². The molecule has 0 bridgehead atoms. The minimum atomic E-state index is -5.62. The Morgan fingerprint density at radius 2 is 1.62 bits per heavy atom. The molecule has 16 heavy (non-hydrogen) atoms. The fraction of sp³-hybridized carbons (Fsp3) is 1.00. The predicted molar refractivity (Wildman–Crippen MR) is 49.4 cm³/mol. The SMILES string of the molecule is CC(C)SCCOC(F)(F)C(F)C(F)(F)F. The van der Waals surface area contributed by atoms with Gasteiger partial charge in [-0.05, 0) is 5.25 Å². The standard InChI is InChI=1S/C8H12F6OS/c1-5(2)16-4-3-15-8(13,14)6(9)7(10,11)12/h5-6H,3-4H2,1-2H3. The molecule has 0 aliphatic rings. The molecule has 0 radical (unpaired) electrons. The summed E-state index contributed by atoms with van der Waals surface area (Å²) in [6.45, 7) is 2.94. The van der Waals surface area contributed by atoms with Crippen molar-refractivity contribution in [1.82, 2.24) is 0 Å². The second-order valence-electron chi connectivity index (χ2n) is 3.23. The normalized spacial score (nSPS) is 15.6. The molecule has 0 heterocycles. The van der Waals surface area contributed by atoms with Crippen LogP contribution in [0.1, 0.15) is 13.8 Å². The Labute approximate surface area is 93.5 Å². The van der Waals surface area contributed by atoms with Gasteiger partial charge in [0.25, 0.3) is 6.17 Å². The van der Waals surface area contributed by atoms with Crippen molar-refractivity contribution >= 4 is 11.8 Å². The summed E-state index contributed by atoms with van der Waals surface area (Å²) >= 11 is 1.23. The molecule has 0 N–H and O–H groups in total. The largest absolute Gasteiger partial charge is 0.428 e. The zero-order valence-corrected chi connectivity index (χ0v) is 9.47. The zero-order valence-electron chi connectivity index (χ0n) is 8.65. The average Bonchev–Trinajstić information content (AvgIpc) is 2.09. The first-order chi connectivity index (χ1) is 7.07. The van der Waals surface area contributed by atoms with E-state index in [1.54, 1.807) is 13.8 Å². The van der Waals surface area contributed by atoms with Gasteiger partial charge in [-0.3, -0.25) is 0 Å². The van der Waals surface area contributed by atoms with Crippen molar-refractivity contribution in [2.75, 3.05) is 12.4 Å². The van der Waals surface area contributed by atoms with Crippen molar-refractivity contribution in [3.05, 3.63) is 0 Å². The third-order valence-electron chi connectivity index (χ3n) is 1.41. The van der Waals surface area contributed by atoms with Gasteiger partial charge in [-0.1, -0.05) is 13.8 Å². The molecule has 1 atom stereocenters. The second-order valence-corrected chi connectivity index (χ2v) is 4.92. The van der Waals surface area contributed by atoms with Gasteiger partial charge in [0.15, 0.2) is 0 Å². The van der Waals surface area contributed by atoms with Gasteiger partial charge in [-0.2, -0.15) is 33.7 Å². The first kappa shape index (κ1) is 15.9. The molecule has 0 aromatic heterocycles. The highest BCUT2D eigenvalue weighted by Crippen LogP contribution is 2.35. The zero-order chi connectivity index (χ0) is 13.0. The molecule has 0 aromatic carbocycles. The number of hydrogen-bond donors (Lipinski definition) is 0. The van der Waals surface area contributed by atoms with E-state index in [0.29, 0.717) is 0 Å². The summed E-state index contributed by atoms with van der Waals surface area (Å²) in [5.74, 6) is 0.0812. The highest BCUT2D eigenvalue weighted by molar-refractivity contribution is 7.99. The fourth-order valence-electron chi connectivity index (χ4n) is 0.725. The van der Waals surface area contributed by atoms with E-state index in [1.165, 1.54) is 11.8 Å². The molecule has 0 fully saturated rings. The van der Waals surface area contributed by atoms with Crippen molar-refractivity contribution in [2.45, 2.75) is 37.6 Å². The molecule has 0 aromatic rings. The highest BCUT2D eigenvalue weighted by Gasteiger charge is 2.58. The Morgan fingerprint density at radius 3 is 2.00 bits per heavy atom. The van der Waals surface area contributed by atoms with E-state index in [1.807, 2.05) is 0 Å². The molecule has 0 rings (SSSR count). The first-order valence-corrected chi connectivity index (χ1v) is 5.46. The van der Waals surface area contributed by atoms with Crippen LogP contribution in [-0.4, -0.2) is 36.1 Å². The fourth-order valence-corrected chi connectivity index (χ4v) is 1.38. The lowest BCUT2D eigenvalue weighted by Gasteiger charge is -2.22. The Kier molecular flexibility index (Phi) is 5.95. The summed E-state index contributed by atoms with van der Waals surface area (Å²) in [5.41, 5.74) is 0. The van der Waals surface area contributed by atoms with Crippen LogP contribution >= 0.6 is 11.8 Å². The summed E-state index contributed by atoms with van der Waals surface area (Å²) < 4.78 is 75.8. The topological polar surface area (TPSA) is 9.23 Å². The maximum absolute atomic E-state index is 12.5. The summed E-state index contributed by atoms with van der Waals surface area (Å²) in [6, 6.07) is 0. The van der Waals surface area contributed by atoms with Gasteiger partial charge < -0.3 is 4.74 Å². The maximum Gasteiger partial charge on any atom is 0.428 e. The molecule has 0 aliphatic carbocycles. The van der Waals surface area contributed by atoms with Gasteiger partial charge >= 0.3 is 12.3 Å². The smallest absolute Gasteiger partial charge is 0.317 e. The van der Waals surface area contributed by atoms with E-state index in [2.05, 4.69) is 4.74 Å². The van der Waals surface area contributed by atoms with Gasteiger partial charge in [0.2, 0.25) is 0 Å². The van der Waals surface area contributed by atoms with Crippen LogP contribution in [-0.2, 0) is 4.74 Å². The quantitative estimate of drug-likeness (QED) is 0.538. The van der Waals surface area contributed by atoms with Gasteiger partial charge in [-0.25, -0.2) is 4.39 Å². The van der Waals surface area contributed by atoms with Gasteiger partial charge in [0.05, 0.1) is 6.61 Å². The lowest BCUT2D eigenvalue weighted by molar-refractivity contribution is -0.333. The van der Waals surface area contributed by atoms with Gasteiger partial charge in [0, 0.05) is 5.75 Å². The van der Waals surface area contributed by atoms with E-state index in [-0.39, 0.29) is 11.0 Å². The average molecular weight is 270 g/mol. The number of halogens is 6. The van der Waals surface area contributed by atoms with Crippen molar-refractivity contribution in [1.29, 1.82) is 0 Å². The molecular weight excluding hydrogens is 258 g/mol. The number of ether oxygens (including phenoxy) is 1. The molecular formula is C8H12F6OS. The summed E-state index contributed by atoms with van der Waals surface area (Å²) in [6.07, 6.45) is -14.7. The van der Waals surface area contributed by atoms with Crippen LogP contribution in [0.5, 0.6) is 0 Å². The maximum atomic E-state index is 12.5. The predicted octanol–water partition coefficient (Wildman–Crippen LogP) is 3.64. The first-order valence-electron chi connectivity index (χ1n) is 4.41. The van der Waals surface area contributed by atoms with E-state index in [9.17, 15) is 26.3 Å². The number of alkyl halides is 6. The summed E-state index contributed by atoms with van der Waals surface area (Å²) in [7, 11) is 0. The molecule has 0 saturated heterocycles. The Bertz CT molecular complexity index is 205. The van der Waals surface area contributed by atoms with Crippen LogP contribution in [0.3, 0.4) is 0 Å². The van der Waals surface area contributed by atoms with E-state index < -0.39 is 25.1 Å². The van der Waals surface area contributed by atoms with Crippen LogP contribution in [0.4, 0.5) is 26.3 Å². The molecule has 1 unspecified atom stereocenters. The third-order valence-corrected chi connectivity index (χ3v) is 2.48. The van der Waals surface area contributed by atoms with E-state index in [4.69, 9.17) is 0 Å². The lowest BCUT2D eigenvalue weighted by Crippen LogP contribution is -2.43. The molecule has 1 nitrogen and oxygen atoms in total. The van der Waals surface area contributed by atoms with Crippen LogP contribution in [0.25, 0.3) is 0 Å². The third kappa shape index (κ3) is 5.83. The van der Waals surface area contributed by atoms with Crippen molar-refractivity contribution in [3.63, 3.8) is 0 Å². The van der Waals surface area contributed by atoms with Crippen LogP contribution in [0.2, 0.25) is 0 Å². The summed E-state index contributed by atoms with van der Waals surface area (Å²) in [5, 5.41) is 0.140. The minimum Gasteiger partial charge on any atom is -0.317 e. The Hall–Kier alpha value is -0.110. The molecule has 98 valence electrons. The van der Waals surface area contributed by atoms with Crippen LogP contribution in [0.15, 0.2) is 0 Å². The van der Waals surface area contributed by atoms with E-state index in [0.717, 1.165) is 0 Å². The highest BCUT2D eigenvalue weighted by atomic mass is 32.2. The monoisotopic (exact) mass is 270 g/mol. The van der Waals surface area contributed by atoms with Crippen molar-refractivity contribution in [2.24, 2.45) is 0 Å². The Morgan fingerprint density at radius 1 is 1.12 bits per heavy atom. The minimum absolute atomic E-state index is 0.0812. The van der Waals surface area contributed by atoms with Gasteiger partial charge in [0.1, 0.15) is 0 Å². The second kappa shape index (κ2) is 6.00. The van der Waals surface area contributed by atoms with Crippen molar-refractivity contribution in [3.8, 4) is 0 Å². The van der Waals surface area contributed by atoms with E-state index >= 15 is 0 Å². The van der Waals surface area contributed by atoms with Gasteiger partial charge in [-0.15, -0.1) is 0 Å². The molecule has 0 aliphatic heterocycles. The van der Waals surface area contributed by atoms with Crippen molar-refractivity contribution < 1.29 is 31.1 Å². The number of rotatable bonds is 6. The summed E-state index contributed by atoms with van der Waals surface area (Å²) in [4.78, 5) is 0.